The summed E-state index contributed by atoms with van der Waals surface area (Å²) in [5.41, 5.74) is 2.14. The number of ether oxygens (including phenoxy) is 2. The average molecular weight is 579 g/mol. The minimum Gasteiger partial charge on any atom is -0.508 e. The number of hydrogen-bond donors (Lipinski definition) is 4. The van der Waals surface area contributed by atoms with E-state index >= 15 is 0 Å². The summed E-state index contributed by atoms with van der Waals surface area (Å²) in [5.74, 6) is -0.394. The Balaban J connectivity index is 1.49. The summed E-state index contributed by atoms with van der Waals surface area (Å²) >= 11 is 0. The number of phenols is 1. The second kappa shape index (κ2) is 18.0. The number of aromatic hydroxyl groups is 1. The first kappa shape index (κ1) is 33.7. The molecule has 10 heteroatoms. The SMILES string of the molecule is CC(=O)OCc1cc([C@@H](O)CNCCCCCCOCCCCc2cccc(S(=O)(=O)NC(C)C)c2)ccc1O. The molecule has 0 fully saturated rings. The van der Waals surface area contributed by atoms with Crippen LogP contribution in [-0.2, 0) is 37.3 Å². The van der Waals surface area contributed by atoms with Gasteiger partial charge in [0.2, 0.25) is 10.0 Å². The molecule has 0 amide bonds. The summed E-state index contributed by atoms with van der Waals surface area (Å²) in [6.07, 6.45) is 6.12. The molecule has 0 unspecified atom stereocenters. The number of carbonyl (C=O) groups excluding carboxylic acids is 1. The van der Waals surface area contributed by atoms with Crippen molar-refractivity contribution in [2.75, 3.05) is 26.3 Å². The molecule has 0 bridgehead atoms. The molecule has 0 aromatic heterocycles. The number of phenolic OH excluding ortho intramolecular Hbond substituents is 1. The van der Waals surface area contributed by atoms with Crippen LogP contribution < -0.4 is 10.0 Å². The molecular formula is C30H46N2O7S. The maximum Gasteiger partial charge on any atom is 0.302 e. The monoisotopic (exact) mass is 578 g/mol. The zero-order valence-electron chi connectivity index (χ0n) is 24.0. The van der Waals surface area contributed by atoms with E-state index in [0.29, 0.717) is 29.2 Å². The van der Waals surface area contributed by atoms with Gasteiger partial charge in [0.1, 0.15) is 12.4 Å². The van der Waals surface area contributed by atoms with E-state index in [1.165, 1.54) is 13.0 Å². The Hall–Kier alpha value is -2.50. The highest BCUT2D eigenvalue weighted by molar-refractivity contribution is 7.89. The Morgan fingerprint density at radius 3 is 2.42 bits per heavy atom. The van der Waals surface area contributed by atoms with Gasteiger partial charge < -0.3 is 25.0 Å². The minimum absolute atomic E-state index is 0.0294. The highest BCUT2D eigenvalue weighted by Gasteiger charge is 2.15. The first-order valence-corrected chi connectivity index (χ1v) is 15.6. The quantitative estimate of drug-likeness (QED) is 0.134. The third-order valence-electron chi connectivity index (χ3n) is 6.25. The van der Waals surface area contributed by atoms with Crippen molar-refractivity contribution in [3.8, 4) is 5.75 Å². The maximum absolute atomic E-state index is 12.3. The number of benzene rings is 2. The van der Waals surface area contributed by atoms with Gasteiger partial charge in [0.05, 0.1) is 11.0 Å². The van der Waals surface area contributed by atoms with Crippen LogP contribution in [-0.4, -0.2) is 56.9 Å². The van der Waals surface area contributed by atoms with Gasteiger partial charge in [0, 0.05) is 38.3 Å². The Bertz CT molecular complexity index is 1140. The number of nitrogens with one attached hydrogen (secondary N) is 2. The molecule has 0 aliphatic rings. The van der Waals surface area contributed by atoms with Crippen molar-refractivity contribution in [2.45, 2.75) is 89.4 Å². The Kier molecular flexibility index (Phi) is 15.2. The third-order valence-corrected chi connectivity index (χ3v) is 7.91. The number of carbonyl (C=O) groups is 1. The predicted octanol–water partition coefficient (Wildman–Crippen LogP) is 4.36. The summed E-state index contributed by atoms with van der Waals surface area (Å²) in [4.78, 5) is 11.3. The summed E-state index contributed by atoms with van der Waals surface area (Å²) < 4.78 is 38.0. The Morgan fingerprint density at radius 1 is 0.975 bits per heavy atom. The molecule has 9 nitrogen and oxygen atoms in total. The number of esters is 1. The molecular weight excluding hydrogens is 532 g/mol. The molecule has 2 rings (SSSR count). The van der Waals surface area contributed by atoms with Crippen LogP contribution in [0, 0.1) is 0 Å². The summed E-state index contributed by atoms with van der Waals surface area (Å²) in [6.45, 7) is 7.52. The second-order valence-electron chi connectivity index (χ2n) is 10.3. The van der Waals surface area contributed by atoms with E-state index in [0.717, 1.165) is 63.7 Å². The molecule has 2 aromatic carbocycles. The summed E-state index contributed by atoms with van der Waals surface area (Å²) in [5, 5.41) is 23.6. The van der Waals surface area contributed by atoms with Gasteiger partial charge >= 0.3 is 5.97 Å². The van der Waals surface area contributed by atoms with Gasteiger partial charge in [0.15, 0.2) is 0 Å². The van der Waals surface area contributed by atoms with Crippen LogP contribution in [0.4, 0.5) is 0 Å². The topological polar surface area (TPSA) is 134 Å². The zero-order valence-corrected chi connectivity index (χ0v) is 24.8. The number of aryl methyl sites for hydroxylation is 1. The predicted molar refractivity (Wildman–Crippen MR) is 156 cm³/mol. The van der Waals surface area contributed by atoms with Gasteiger partial charge in [-0.1, -0.05) is 31.0 Å². The lowest BCUT2D eigenvalue weighted by molar-refractivity contribution is -0.142. The first-order valence-electron chi connectivity index (χ1n) is 14.1. The molecule has 0 aliphatic heterocycles. The van der Waals surface area contributed by atoms with E-state index in [9.17, 15) is 23.4 Å². The molecule has 0 heterocycles. The second-order valence-corrected chi connectivity index (χ2v) is 12.0. The first-order chi connectivity index (χ1) is 19.1. The van der Waals surface area contributed by atoms with Crippen molar-refractivity contribution in [1.82, 2.24) is 10.0 Å². The fourth-order valence-electron chi connectivity index (χ4n) is 4.15. The van der Waals surface area contributed by atoms with E-state index in [1.54, 1.807) is 44.2 Å². The molecule has 0 saturated heterocycles. The van der Waals surface area contributed by atoms with Crippen molar-refractivity contribution < 1.29 is 32.9 Å². The Labute approximate surface area is 239 Å². The molecule has 4 N–H and O–H groups in total. The molecule has 0 saturated carbocycles. The lowest BCUT2D eigenvalue weighted by Gasteiger charge is -2.14. The lowest BCUT2D eigenvalue weighted by Crippen LogP contribution is -2.30. The summed E-state index contributed by atoms with van der Waals surface area (Å²) in [6, 6.07) is 11.8. The van der Waals surface area contributed by atoms with Gasteiger partial charge in [-0.25, -0.2) is 13.1 Å². The van der Waals surface area contributed by atoms with E-state index in [4.69, 9.17) is 9.47 Å². The smallest absolute Gasteiger partial charge is 0.302 e. The molecule has 1 atom stereocenters. The van der Waals surface area contributed by atoms with E-state index < -0.39 is 22.1 Å². The normalized spacial score (nSPS) is 12.5. The number of hydrogen-bond acceptors (Lipinski definition) is 8. The molecule has 224 valence electrons. The van der Waals surface area contributed by atoms with Crippen molar-refractivity contribution in [3.05, 3.63) is 59.2 Å². The summed E-state index contributed by atoms with van der Waals surface area (Å²) in [7, 11) is -3.47. The maximum atomic E-state index is 12.3. The van der Waals surface area contributed by atoms with Crippen molar-refractivity contribution in [2.24, 2.45) is 0 Å². The lowest BCUT2D eigenvalue weighted by atomic mass is 10.1. The number of sulfonamides is 1. The zero-order chi connectivity index (χ0) is 29.4. The van der Waals surface area contributed by atoms with Crippen LogP contribution in [0.2, 0.25) is 0 Å². The van der Waals surface area contributed by atoms with Gasteiger partial charge in [-0.15, -0.1) is 0 Å². The van der Waals surface area contributed by atoms with Crippen LogP contribution in [0.15, 0.2) is 47.4 Å². The van der Waals surface area contributed by atoms with E-state index in [-0.39, 0.29) is 18.4 Å². The number of aliphatic hydroxyl groups is 1. The van der Waals surface area contributed by atoms with Crippen LogP contribution in [0.1, 0.15) is 82.1 Å². The van der Waals surface area contributed by atoms with Gasteiger partial charge in [-0.3, -0.25) is 4.79 Å². The molecule has 2 aromatic rings. The largest absolute Gasteiger partial charge is 0.508 e. The Morgan fingerprint density at radius 2 is 1.70 bits per heavy atom. The van der Waals surface area contributed by atoms with Gasteiger partial charge in [-0.2, -0.15) is 0 Å². The van der Waals surface area contributed by atoms with Crippen molar-refractivity contribution >= 4 is 16.0 Å². The van der Waals surface area contributed by atoms with Gasteiger partial charge in [0.25, 0.3) is 0 Å². The number of unbranched alkanes of at least 4 members (excludes halogenated alkanes) is 4. The van der Waals surface area contributed by atoms with Crippen LogP contribution in [0.5, 0.6) is 5.75 Å². The van der Waals surface area contributed by atoms with Crippen LogP contribution in [0.25, 0.3) is 0 Å². The van der Waals surface area contributed by atoms with E-state index in [2.05, 4.69) is 10.0 Å². The molecule has 40 heavy (non-hydrogen) atoms. The van der Waals surface area contributed by atoms with Gasteiger partial charge in [-0.05, 0) is 87.9 Å². The number of aliphatic hydroxyl groups excluding tert-OH is 1. The highest BCUT2D eigenvalue weighted by atomic mass is 32.2. The standard InChI is InChI=1S/C30H46N2O7S/c1-23(2)32-40(36,37)28-13-10-12-25(19-28)11-6-9-18-38-17-8-5-4-7-16-31-21-30(35)26-14-15-29(34)27(20-26)22-39-24(3)33/h10,12-15,19-20,23,30-32,34-35H,4-9,11,16-18,21-22H2,1-3H3/t30-/m0/s1. The average Bonchev–Trinajstić information content (AvgIpc) is 2.90. The molecule has 0 spiro atoms. The molecule has 0 radical (unpaired) electrons. The van der Waals surface area contributed by atoms with Crippen LogP contribution >= 0.6 is 0 Å². The van der Waals surface area contributed by atoms with E-state index in [1.807, 2.05) is 6.07 Å². The fraction of sp³-hybridized carbons (Fsp3) is 0.567. The number of rotatable bonds is 20. The van der Waals surface area contributed by atoms with Crippen molar-refractivity contribution in [1.29, 1.82) is 0 Å². The van der Waals surface area contributed by atoms with Crippen LogP contribution in [0.3, 0.4) is 0 Å². The van der Waals surface area contributed by atoms with Crippen molar-refractivity contribution in [3.63, 3.8) is 0 Å². The minimum atomic E-state index is -3.47. The molecule has 0 aliphatic carbocycles. The highest BCUT2D eigenvalue weighted by Crippen LogP contribution is 2.23. The third kappa shape index (κ3) is 13.2. The fourth-order valence-corrected chi connectivity index (χ4v) is 5.47.